The molecule has 0 radical (unpaired) electrons. The molecular formula is C12H21NO2. The molecule has 1 amide bonds. The number of ketones is 1. The van der Waals surface area contributed by atoms with E-state index in [2.05, 4.69) is 0 Å². The highest BCUT2D eigenvalue weighted by molar-refractivity contribution is 5.83. The smallest absolute Gasteiger partial charge is 0.223 e. The Morgan fingerprint density at radius 1 is 1.27 bits per heavy atom. The zero-order valence-electron chi connectivity index (χ0n) is 9.79. The molecule has 3 heteroatoms. The van der Waals surface area contributed by atoms with E-state index in [0.717, 1.165) is 13.1 Å². The molecule has 1 fully saturated rings. The normalized spacial score (nSPS) is 15.9. The number of rotatable bonds is 6. The average molecular weight is 211 g/mol. The lowest BCUT2D eigenvalue weighted by atomic mass is 9.85. The van der Waals surface area contributed by atoms with Gasteiger partial charge in [-0.25, -0.2) is 0 Å². The summed E-state index contributed by atoms with van der Waals surface area (Å²) in [5.41, 5.74) is 0. The Labute approximate surface area is 91.8 Å². The van der Waals surface area contributed by atoms with E-state index >= 15 is 0 Å². The molecule has 0 saturated heterocycles. The van der Waals surface area contributed by atoms with Crippen molar-refractivity contribution >= 4 is 11.7 Å². The van der Waals surface area contributed by atoms with E-state index in [1.807, 2.05) is 11.8 Å². The Kier molecular flexibility index (Phi) is 4.79. The van der Waals surface area contributed by atoms with Gasteiger partial charge in [0.15, 0.2) is 0 Å². The van der Waals surface area contributed by atoms with Gasteiger partial charge in [-0.3, -0.25) is 4.79 Å². The zero-order chi connectivity index (χ0) is 11.3. The summed E-state index contributed by atoms with van der Waals surface area (Å²) in [6.07, 6.45) is 4.60. The molecule has 0 spiro atoms. The van der Waals surface area contributed by atoms with E-state index in [1.165, 1.54) is 26.2 Å². The highest BCUT2D eigenvalue weighted by atomic mass is 16.2. The Balaban J connectivity index is 2.28. The van der Waals surface area contributed by atoms with Crippen molar-refractivity contribution in [3.63, 3.8) is 0 Å². The molecule has 1 rings (SSSR count). The number of hydrogen-bond acceptors (Lipinski definition) is 2. The number of nitrogens with zero attached hydrogens (tertiary/aromatic N) is 1. The molecule has 1 aliphatic carbocycles. The third-order valence-corrected chi connectivity index (χ3v) is 3.13. The van der Waals surface area contributed by atoms with Crippen molar-refractivity contribution < 1.29 is 9.59 Å². The largest absolute Gasteiger partial charge is 0.343 e. The first kappa shape index (κ1) is 12.2. The van der Waals surface area contributed by atoms with Crippen molar-refractivity contribution in [3.8, 4) is 0 Å². The first-order valence-corrected chi connectivity index (χ1v) is 5.90. The van der Waals surface area contributed by atoms with Crippen molar-refractivity contribution in [3.05, 3.63) is 0 Å². The summed E-state index contributed by atoms with van der Waals surface area (Å²) in [5, 5.41) is 0. The van der Waals surface area contributed by atoms with Gasteiger partial charge in [0.1, 0.15) is 5.78 Å². The van der Waals surface area contributed by atoms with Crippen molar-refractivity contribution in [1.82, 2.24) is 4.90 Å². The number of amides is 1. The topological polar surface area (TPSA) is 37.4 Å². The molecule has 0 aromatic heterocycles. The number of carbonyl (C=O) groups excluding carboxylic acids is 2. The standard InChI is InChI=1S/C12H21NO2/c1-3-13(9-11-5-4-6-11)12(15)8-7-10(2)14/h11H,3-9H2,1-2H3. The molecule has 1 aliphatic rings. The van der Waals surface area contributed by atoms with E-state index in [1.54, 1.807) is 0 Å². The van der Waals surface area contributed by atoms with E-state index in [9.17, 15) is 9.59 Å². The number of carbonyl (C=O) groups is 2. The van der Waals surface area contributed by atoms with Crippen molar-refractivity contribution in [2.45, 2.75) is 46.0 Å². The fraction of sp³-hybridized carbons (Fsp3) is 0.833. The lowest BCUT2D eigenvalue weighted by molar-refractivity contribution is -0.133. The predicted octanol–water partition coefficient (Wildman–Crippen LogP) is 2.00. The fourth-order valence-electron chi connectivity index (χ4n) is 1.84. The van der Waals surface area contributed by atoms with Crippen LogP contribution in [0.5, 0.6) is 0 Å². The summed E-state index contributed by atoms with van der Waals surface area (Å²) in [4.78, 5) is 24.4. The first-order valence-electron chi connectivity index (χ1n) is 5.90. The first-order chi connectivity index (χ1) is 7.13. The maximum Gasteiger partial charge on any atom is 0.223 e. The molecular weight excluding hydrogens is 190 g/mol. The molecule has 0 bridgehead atoms. The fourth-order valence-corrected chi connectivity index (χ4v) is 1.84. The molecule has 0 heterocycles. The third-order valence-electron chi connectivity index (χ3n) is 3.13. The second kappa shape index (κ2) is 5.89. The lowest BCUT2D eigenvalue weighted by Gasteiger charge is -2.31. The molecule has 0 aromatic carbocycles. The summed E-state index contributed by atoms with van der Waals surface area (Å²) in [5.74, 6) is 0.953. The summed E-state index contributed by atoms with van der Waals surface area (Å²) in [7, 11) is 0. The van der Waals surface area contributed by atoms with Crippen LogP contribution in [-0.2, 0) is 9.59 Å². The monoisotopic (exact) mass is 211 g/mol. The second-order valence-electron chi connectivity index (χ2n) is 4.43. The second-order valence-corrected chi connectivity index (χ2v) is 4.43. The molecule has 1 saturated carbocycles. The van der Waals surface area contributed by atoms with Crippen LogP contribution in [0.3, 0.4) is 0 Å². The minimum Gasteiger partial charge on any atom is -0.343 e. The van der Waals surface area contributed by atoms with E-state index in [4.69, 9.17) is 0 Å². The lowest BCUT2D eigenvalue weighted by Crippen LogP contribution is -2.37. The maximum atomic E-state index is 11.7. The van der Waals surface area contributed by atoms with Crippen LogP contribution in [0.15, 0.2) is 0 Å². The van der Waals surface area contributed by atoms with E-state index in [-0.39, 0.29) is 11.7 Å². The van der Waals surface area contributed by atoms with Crippen LogP contribution in [0.2, 0.25) is 0 Å². The third kappa shape index (κ3) is 4.02. The SMILES string of the molecule is CCN(CC1CCC1)C(=O)CCC(C)=O. The van der Waals surface area contributed by atoms with Gasteiger partial charge in [0.25, 0.3) is 0 Å². The summed E-state index contributed by atoms with van der Waals surface area (Å²) in [6, 6.07) is 0. The average Bonchev–Trinajstić information content (AvgIpc) is 2.13. The number of Topliss-reactive ketones (excluding diaryl/α,β-unsaturated/α-hetero) is 1. The Bertz CT molecular complexity index is 234. The number of hydrogen-bond donors (Lipinski definition) is 0. The summed E-state index contributed by atoms with van der Waals surface area (Å²) in [6.45, 7) is 5.21. The highest BCUT2D eigenvalue weighted by Crippen LogP contribution is 2.27. The van der Waals surface area contributed by atoms with Crippen LogP contribution in [-0.4, -0.2) is 29.7 Å². The Morgan fingerprint density at radius 2 is 1.93 bits per heavy atom. The van der Waals surface area contributed by atoms with Gasteiger partial charge in [-0.2, -0.15) is 0 Å². The van der Waals surface area contributed by atoms with Crippen LogP contribution < -0.4 is 0 Å². The molecule has 0 atom stereocenters. The predicted molar refractivity (Wildman–Crippen MR) is 59.5 cm³/mol. The van der Waals surface area contributed by atoms with Gasteiger partial charge in [-0.15, -0.1) is 0 Å². The molecule has 0 aliphatic heterocycles. The van der Waals surface area contributed by atoms with Crippen molar-refractivity contribution in [1.29, 1.82) is 0 Å². The van der Waals surface area contributed by atoms with E-state index in [0.29, 0.717) is 18.8 Å². The van der Waals surface area contributed by atoms with Gasteiger partial charge in [-0.1, -0.05) is 6.42 Å². The van der Waals surface area contributed by atoms with Crippen LogP contribution in [0.4, 0.5) is 0 Å². The molecule has 0 aromatic rings. The van der Waals surface area contributed by atoms with Gasteiger partial charge in [-0.05, 0) is 32.6 Å². The van der Waals surface area contributed by atoms with Gasteiger partial charge in [0.2, 0.25) is 5.91 Å². The molecule has 0 unspecified atom stereocenters. The Morgan fingerprint density at radius 3 is 2.33 bits per heavy atom. The molecule has 86 valence electrons. The quantitative estimate of drug-likeness (QED) is 0.674. The van der Waals surface area contributed by atoms with Crippen molar-refractivity contribution in [2.75, 3.05) is 13.1 Å². The van der Waals surface area contributed by atoms with Gasteiger partial charge < -0.3 is 9.69 Å². The van der Waals surface area contributed by atoms with Gasteiger partial charge >= 0.3 is 0 Å². The molecule has 3 nitrogen and oxygen atoms in total. The summed E-state index contributed by atoms with van der Waals surface area (Å²) < 4.78 is 0. The highest BCUT2D eigenvalue weighted by Gasteiger charge is 2.22. The zero-order valence-corrected chi connectivity index (χ0v) is 9.79. The minimum absolute atomic E-state index is 0.100. The van der Waals surface area contributed by atoms with Crippen LogP contribution in [0, 0.1) is 5.92 Å². The van der Waals surface area contributed by atoms with Crippen LogP contribution in [0.1, 0.15) is 46.0 Å². The maximum absolute atomic E-state index is 11.7. The molecule has 0 N–H and O–H groups in total. The van der Waals surface area contributed by atoms with E-state index < -0.39 is 0 Å². The van der Waals surface area contributed by atoms with Crippen molar-refractivity contribution in [2.24, 2.45) is 5.92 Å². The van der Waals surface area contributed by atoms with Crippen LogP contribution in [0.25, 0.3) is 0 Å². The van der Waals surface area contributed by atoms with Gasteiger partial charge in [0, 0.05) is 25.9 Å². The van der Waals surface area contributed by atoms with Gasteiger partial charge in [0.05, 0.1) is 0 Å². The minimum atomic E-state index is 0.100. The molecule has 15 heavy (non-hydrogen) atoms. The summed E-state index contributed by atoms with van der Waals surface area (Å²) >= 11 is 0. The Hall–Kier alpha value is -0.860. The van der Waals surface area contributed by atoms with Crippen LogP contribution >= 0.6 is 0 Å².